The van der Waals surface area contributed by atoms with Gasteiger partial charge in [-0.25, -0.2) is 4.39 Å². The highest BCUT2D eigenvalue weighted by molar-refractivity contribution is 5.68. The average molecular weight is 179 g/mol. The molecule has 0 spiro atoms. The van der Waals surface area contributed by atoms with Crippen molar-refractivity contribution >= 4 is 17.6 Å². The van der Waals surface area contributed by atoms with Crippen LogP contribution in [-0.2, 0) is 0 Å². The molecule has 1 aromatic rings. The smallest absolute Gasteiger partial charge is 0.148 e. The van der Waals surface area contributed by atoms with Crippen LogP contribution in [0.4, 0.5) is 15.8 Å². The Kier molecular flexibility index (Phi) is 3.03. The molecule has 0 radical (unpaired) electrons. The van der Waals surface area contributed by atoms with Crippen molar-refractivity contribution in [1.82, 2.24) is 0 Å². The molecule has 4 N–H and O–H groups in total. The van der Waals surface area contributed by atoms with Gasteiger partial charge in [-0.3, -0.25) is 0 Å². The number of nitrogen functional groups attached to an aromatic ring is 1. The summed E-state index contributed by atoms with van der Waals surface area (Å²) in [6, 6.07) is 4.44. The molecule has 0 aliphatic rings. The number of benzene rings is 1. The molecule has 0 aromatic heterocycles. The van der Waals surface area contributed by atoms with E-state index in [0.717, 1.165) is 6.21 Å². The minimum absolute atomic E-state index is 0.126. The summed E-state index contributed by atoms with van der Waals surface area (Å²) in [4.78, 5) is 0. The fourth-order valence-electron chi connectivity index (χ4n) is 0.809. The molecule has 0 fully saturated rings. The van der Waals surface area contributed by atoms with Crippen LogP contribution in [0, 0.1) is 11.2 Å². The average Bonchev–Trinajstić information content (AvgIpc) is 2.12. The number of anilines is 2. The van der Waals surface area contributed by atoms with Gasteiger partial charge < -0.3 is 16.5 Å². The van der Waals surface area contributed by atoms with Crippen LogP contribution in [0.5, 0.6) is 0 Å². The van der Waals surface area contributed by atoms with Gasteiger partial charge in [0.15, 0.2) is 0 Å². The lowest BCUT2D eigenvalue weighted by Gasteiger charge is -2.01. The molecule has 1 rings (SSSR count). The summed E-state index contributed by atoms with van der Waals surface area (Å²) in [7, 11) is 0. The number of rotatable bonds is 3. The zero-order chi connectivity index (χ0) is 9.68. The van der Waals surface area contributed by atoms with Crippen LogP contribution >= 0.6 is 0 Å². The molecule has 4 heteroatoms. The zero-order valence-corrected chi connectivity index (χ0v) is 6.92. The number of allylic oxidation sites excluding steroid dienone is 1. The Labute approximate surface area is 75.6 Å². The van der Waals surface area contributed by atoms with Crippen molar-refractivity contribution < 1.29 is 4.39 Å². The van der Waals surface area contributed by atoms with E-state index in [2.05, 4.69) is 5.32 Å². The first kappa shape index (κ1) is 9.25. The van der Waals surface area contributed by atoms with Crippen LogP contribution in [0.2, 0.25) is 0 Å². The third kappa shape index (κ3) is 2.59. The van der Waals surface area contributed by atoms with E-state index >= 15 is 0 Å². The maximum absolute atomic E-state index is 12.9. The summed E-state index contributed by atoms with van der Waals surface area (Å²) in [5, 5.41) is 9.49. The van der Waals surface area contributed by atoms with Crippen molar-refractivity contribution in [3.63, 3.8) is 0 Å². The molecule has 0 bridgehead atoms. The van der Waals surface area contributed by atoms with Gasteiger partial charge in [0.05, 0.1) is 5.69 Å². The number of hydrogen-bond acceptors (Lipinski definition) is 3. The first-order valence-corrected chi connectivity index (χ1v) is 3.71. The van der Waals surface area contributed by atoms with E-state index in [-0.39, 0.29) is 5.69 Å². The fraction of sp³-hybridized carbons (Fsp3) is 0. The Bertz CT molecular complexity index is 334. The van der Waals surface area contributed by atoms with Crippen molar-refractivity contribution in [2.45, 2.75) is 0 Å². The van der Waals surface area contributed by atoms with Crippen molar-refractivity contribution in [1.29, 1.82) is 5.41 Å². The van der Waals surface area contributed by atoms with Crippen LogP contribution in [0.25, 0.3) is 0 Å². The maximum Gasteiger partial charge on any atom is 0.148 e. The van der Waals surface area contributed by atoms with Crippen LogP contribution in [0.3, 0.4) is 0 Å². The summed E-state index contributed by atoms with van der Waals surface area (Å²) in [6.45, 7) is 0. The normalized spacial score (nSPS) is 10.2. The second-order valence-corrected chi connectivity index (χ2v) is 2.41. The molecule has 13 heavy (non-hydrogen) atoms. The standard InChI is InChI=1S/C9H10FN3/c10-8-6-7(2-3-9(8)12)13-5-1-4-11/h1-6,11,13H,12H2/b5-1-,11-4?. The first-order valence-electron chi connectivity index (χ1n) is 3.71. The van der Waals surface area contributed by atoms with E-state index in [1.165, 1.54) is 24.4 Å². The molecule has 3 nitrogen and oxygen atoms in total. The third-order valence-electron chi connectivity index (χ3n) is 1.44. The van der Waals surface area contributed by atoms with Gasteiger partial charge in [0.25, 0.3) is 0 Å². The number of nitrogens with two attached hydrogens (primary N) is 1. The minimum Gasteiger partial charge on any atom is -0.396 e. The maximum atomic E-state index is 12.9. The lowest BCUT2D eigenvalue weighted by Crippen LogP contribution is -1.93. The molecule has 1 aromatic carbocycles. The van der Waals surface area contributed by atoms with Gasteiger partial charge in [-0.15, -0.1) is 0 Å². The molecule has 0 aliphatic carbocycles. The lowest BCUT2D eigenvalue weighted by atomic mass is 10.3. The van der Waals surface area contributed by atoms with Gasteiger partial charge >= 0.3 is 0 Å². The van der Waals surface area contributed by atoms with Crippen LogP contribution in [0.1, 0.15) is 0 Å². The van der Waals surface area contributed by atoms with Gasteiger partial charge in [-0.1, -0.05) is 0 Å². The van der Waals surface area contributed by atoms with Crippen molar-refractivity contribution in [3.8, 4) is 0 Å². The molecule has 0 saturated carbocycles. The monoisotopic (exact) mass is 179 g/mol. The third-order valence-corrected chi connectivity index (χ3v) is 1.44. The lowest BCUT2D eigenvalue weighted by molar-refractivity contribution is 0.633. The van der Waals surface area contributed by atoms with E-state index in [1.807, 2.05) is 0 Å². The Hall–Kier alpha value is -1.84. The number of nitrogens with one attached hydrogen (secondary N) is 2. The van der Waals surface area contributed by atoms with Gasteiger partial charge in [-0.2, -0.15) is 0 Å². The van der Waals surface area contributed by atoms with Gasteiger partial charge in [0.1, 0.15) is 5.82 Å². The van der Waals surface area contributed by atoms with Crippen LogP contribution in [0.15, 0.2) is 30.5 Å². The quantitative estimate of drug-likeness (QED) is 0.490. The second kappa shape index (κ2) is 4.25. The molecule has 68 valence electrons. The Balaban J connectivity index is 2.73. The van der Waals surface area contributed by atoms with Gasteiger partial charge in [-0.05, 0) is 24.3 Å². The van der Waals surface area contributed by atoms with Crippen LogP contribution in [-0.4, -0.2) is 6.21 Å². The molecule has 0 unspecified atom stereocenters. The summed E-state index contributed by atoms with van der Waals surface area (Å²) < 4.78 is 12.9. The predicted octanol–water partition coefficient (Wildman–Crippen LogP) is 1.98. The molecular formula is C9H10FN3. The van der Waals surface area contributed by atoms with Crippen molar-refractivity contribution in [3.05, 3.63) is 36.3 Å². The molecule has 0 aliphatic heterocycles. The predicted molar refractivity (Wildman–Crippen MR) is 52.4 cm³/mol. The molecule has 0 saturated heterocycles. The number of hydrogen-bond donors (Lipinski definition) is 3. The van der Waals surface area contributed by atoms with E-state index in [0.29, 0.717) is 5.69 Å². The fourth-order valence-corrected chi connectivity index (χ4v) is 0.809. The summed E-state index contributed by atoms with van der Waals surface area (Å²) in [5.74, 6) is -0.451. The largest absolute Gasteiger partial charge is 0.396 e. The zero-order valence-electron chi connectivity index (χ0n) is 6.92. The van der Waals surface area contributed by atoms with E-state index in [4.69, 9.17) is 11.1 Å². The Morgan fingerprint density at radius 2 is 2.23 bits per heavy atom. The van der Waals surface area contributed by atoms with E-state index in [1.54, 1.807) is 6.07 Å². The molecule has 0 atom stereocenters. The van der Waals surface area contributed by atoms with Crippen molar-refractivity contribution in [2.24, 2.45) is 0 Å². The molecule has 0 heterocycles. The minimum atomic E-state index is -0.451. The highest BCUT2D eigenvalue weighted by Crippen LogP contribution is 2.15. The Morgan fingerprint density at radius 3 is 2.85 bits per heavy atom. The summed E-state index contributed by atoms with van der Waals surface area (Å²) >= 11 is 0. The molecular weight excluding hydrogens is 169 g/mol. The summed E-state index contributed by atoms with van der Waals surface area (Å²) in [6.07, 6.45) is 4.16. The molecule has 0 amide bonds. The number of halogens is 1. The summed E-state index contributed by atoms with van der Waals surface area (Å²) in [5.41, 5.74) is 6.01. The SMILES string of the molecule is N=C/C=C\Nc1ccc(N)c(F)c1. The topological polar surface area (TPSA) is 61.9 Å². The Morgan fingerprint density at radius 1 is 1.46 bits per heavy atom. The highest BCUT2D eigenvalue weighted by atomic mass is 19.1. The highest BCUT2D eigenvalue weighted by Gasteiger charge is 1.97. The van der Waals surface area contributed by atoms with Gasteiger partial charge in [0, 0.05) is 18.1 Å². The second-order valence-electron chi connectivity index (χ2n) is 2.41. The van der Waals surface area contributed by atoms with Gasteiger partial charge in [0.2, 0.25) is 0 Å². The van der Waals surface area contributed by atoms with E-state index < -0.39 is 5.82 Å². The van der Waals surface area contributed by atoms with E-state index in [9.17, 15) is 4.39 Å². The first-order chi connectivity index (χ1) is 6.24. The van der Waals surface area contributed by atoms with Crippen molar-refractivity contribution in [2.75, 3.05) is 11.1 Å². The van der Waals surface area contributed by atoms with Crippen LogP contribution < -0.4 is 11.1 Å².